The van der Waals surface area contributed by atoms with Gasteiger partial charge in [-0.25, -0.2) is 0 Å². The number of benzene rings is 3. The maximum atomic E-state index is 13.2. The lowest BCUT2D eigenvalue weighted by atomic mass is 9.90. The second-order valence-electron chi connectivity index (χ2n) is 6.19. The van der Waals surface area contributed by atoms with Crippen LogP contribution in [0.2, 0.25) is 0 Å². The Labute approximate surface area is 159 Å². The summed E-state index contributed by atoms with van der Waals surface area (Å²) in [5.74, 6) is -0.688. The molecule has 4 nitrogen and oxygen atoms in total. The van der Waals surface area contributed by atoms with E-state index in [0.717, 1.165) is 11.1 Å². The summed E-state index contributed by atoms with van der Waals surface area (Å²) in [4.78, 5) is 25.0. The van der Waals surface area contributed by atoms with E-state index in [1.807, 2.05) is 72.8 Å². The Bertz CT molecular complexity index is 868. The van der Waals surface area contributed by atoms with Gasteiger partial charge in [0.1, 0.15) is 0 Å². The van der Waals surface area contributed by atoms with E-state index in [9.17, 15) is 9.59 Å². The molecule has 0 fully saturated rings. The summed E-state index contributed by atoms with van der Waals surface area (Å²) in [5, 5.41) is 5.81. The molecule has 0 radical (unpaired) electrons. The van der Waals surface area contributed by atoms with E-state index in [0.29, 0.717) is 17.8 Å². The highest BCUT2D eigenvalue weighted by Crippen LogP contribution is 2.28. The fraction of sp³-hybridized carbons (Fsp3) is 0.130. The van der Waals surface area contributed by atoms with Gasteiger partial charge in [-0.15, -0.1) is 0 Å². The predicted molar refractivity (Wildman–Crippen MR) is 109 cm³/mol. The summed E-state index contributed by atoms with van der Waals surface area (Å²) in [7, 11) is 0. The molecule has 0 unspecified atom stereocenters. The monoisotopic (exact) mass is 358 g/mol. The Balaban J connectivity index is 1.92. The maximum absolute atomic E-state index is 13.2. The molecule has 0 aromatic heterocycles. The lowest BCUT2D eigenvalue weighted by Gasteiger charge is -2.19. The van der Waals surface area contributed by atoms with Crippen molar-refractivity contribution in [3.05, 3.63) is 96.1 Å². The van der Waals surface area contributed by atoms with E-state index >= 15 is 0 Å². The Morgan fingerprint density at radius 2 is 1.15 bits per heavy atom. The molecular weight excluding hydrogens is 336 g/mol. The molecule has 0 saturated carbocycles. The zero-order chi connectivity index (χ0) is 19.1. The van der Waals surface area contributed by atoms with Crippen LogP contribution in [0.4, 0.5) is 11.4 Å². The minimum Gasteiger partial charge on any atom is -0.324 e. The number of para-hydroxylation sites is 2. The van der Waals surface area contributed by atoms with Gasteiger partial charge < -0.3 is 10.6 Å². The Morgan fingerprint density at radius 1 is 0.704 bits per heavy atom. The summed E-state index contributed by atoms with van der Waals surface area (Å²) in [6, 6.07) is 26.6. The van der Waals surface area contributed by atoms with Gasteiger partial charge in [0.05, 0.1) is 17.3 Å². The molecule has 136 valence electrons. The van der Waals surface area contributed by atoms with Crippen molar-refractivity contribution in [2.45, 2.75) is 19.3 Å². The summed E-state index contributed by atoms with van der Waals surface area (Å²) in [5.41, 5.74) is 3.01. The SMILES string of the molecule is CCC(=O)Nc1ccccc1NC(=O)C(c1ccccc1)c1ccccc1. The molecule has 27 heavy (non-hydrogen) atoms. The number of rotatable bonds is 6. The van der Waals surface area contributed by atoms with Crippen molar-refractivity contribution in [3.8, 4) is 0 Å². The van der Waals surface area contributed by atoms with Crippen LogP contribution >= 0.6 is 0 Å². The van der Waals surface area contributed by atoms with E-state index in [4.69, 9.17) is 0 Å². The van der Waals surface area contributed by atoms with Crippen LogP contribution < -0.4 is 10.6 Å². The third-order valence-corrected chi connectivity index (χ3v) is 4.31. The van der Waals surface area contributed by atoms with Gasteiger partial charge >= 0.3 is 0 Å². The van der Waals surface area contributed by atoms with Crippen LogP contribution in [-0.4, -0.2) is 11.8 Å². The van der Waals surface area contributed by atoms with Crippen molar-refractivity contribution in [2.24, 2.45) is 0 Å². The Kier molecular flexibility index (Phi) is 6.00. The van der Waals surface area contributed by atoms with E-state index in [2.05, 4.69) is 10.6 Å². The average Bonchev–Trinajstić information content (AvgIpc) is 2.71. The molecular formula is C23H22N2O2. The van der Waals surface area contributed by atoms with Gasteiger partial charge in [0.15, 0.2) is 0 Å². The highest BCUT2D eigenvalue weighted by molar-refractivity contribution is 6.02. The number of amides is 2. The highest BCUT2D eigenvalue weighted by Gasteiger charge is 2.23. The second-order valence-corrected chi connectivity index (χ2v) is 6.19. The largest absolute Gasteiger partial charge is 0.324 e. The van der Waals surface area contributed by atoms with Crippen LogP contribution in [0.25, 0.3) is 0 Å². The molecule has 0 bridgehead atoms. The quantitative estimate of drug-likeness (QED) is 0.664. The number of anilines is 2. The van der Waals surface area contributed by atoms with Crippen molar-refractivity contribution in [1.82, 2.24) is 0 Å². The Hall–Kier alpha value is -3.40. The van der Waals surface area contributed by atoms with Crippen LogP contribution in [0.5, 0.6) is 0 Å². The second kappa shape index (κ2) is 8.81. The van der Waals surface area contributed by atoms with Gasteiger partial charge in [0, 0.05) is 6.42 Å². The molecule has 2 amide bonds. The number of carbonyl (C=O) groups is 2. The molecule has 3 aromatic carbocycles. The molecule has 0 spiro atoms. The van der Waals surface area contributed by atoms with Gasteiger partial charge in [-0.3, -0.25) is 9.59 Å². The van der Waals surface area contributed by atoms with Crippen molar-refractivity contribution in [2.75, 3.05) is 10.6 Å². The summed E-state index contributed by atoms with van der Waals surface area (Å²) in [6.07, 6.45) is 0.374. The van der Waals surface area contributed by atoms with E-state index in [1.165, 1.54) is 0 Å². The van der Waals surface area contributed by atoms with E-state index < -0.39 is 5.92 Å². The van der Waals surface area contributed by atoms with Gasteiger partial charge in [-0.1, -0.05) is 79.7 Å². The van der Waals surface area contributed by atoms with Crippen LogP contribution in [0.15, 0.2) is 84.9 Å². The van der Waals surface area contributed by atoms with Gasteiger partial charge in [-0.05, 0) is 23.3 Å². The van der Waals surface area contributed by atoms with Gasteiger partial charge in [-0.2, -0.15) is 0 Å². The maximum Gasteiger partial charge on any atom is 0.236 e. The number of hydrogen-bond donors (Lipinski definition) is 2. The molecule has 4 heteroatoms. The van der Waals surface area contributed by atoms with Gasteiger partial charge in [0.2, 0.25) is 11.8 Å². The van der Waals surface area contributed by atoms with Crippen LogP contribution in [-0.2, 0) is 9.59 Å². The van der Waals surface area contributed by atoms with Crippen LogP contribution in [0.3, 0.4) is 0 Å². The average molecular weight is 358 g/mol. The topological polar surface area (TPSA) is 58.2 Å². The van der Waals surface area contributed by atoms with Crippen molar-refractivity contribution in [1.29, 1.82) is 0 Å². The zero-order valence-electron chi connectivity index (χ0n) is 15.2. The van der Waals surface area contributed by atoms with Crippen LogP contribution in [0, 0.1) is 0 Å². The molecule has 0 saturated heterocycles. The zero-order valence-corrected chi connectivity index (χ0v) is 15.2. The first kappa shape index (κ1) is 18.4. The normalized spacial score (nSPS) is 10.4. The number of hydrogen-bond acceptors (Lipinski definition) is 2. The highest BCUT2D eigenvalue weighted by atomic mass is 16.2. The molecule has 3 aromatic rings. The predicted octanol–water partition coefficient (Wildman–Crippen LogP) is 4.81. The van der Waals surface area contributed by atoms with Crippen LogP contribution in [0.1, 0.15) is 30.4 Å². The molecule has 0 atom stereocenters. The summed E-state index contributed by atoms with van der Waals surface area (Å²) >= 11 is 0. The molecule has 2 N–H and O–H groups in total. The van der Waals surface area contributed by atoms with E-state index in [-0.39, 0.29) is 11.8 Å². The first-order valence-corrected chi connectivity index (χ1v) is 8.98. The first-order valence-electron chi connectivity index (χ1n) is 8.98. The lowest BCUT2D eigenvalue weighted by molar-refractivity contribution is -0.117. The van der Waals surface area contributed by atoms with Crippen molar-refractivity contribution < 1.29 is 9.59 Å². The Morgan fingerprint density at radius 3 is 1.63 bits per heavy atom. The lowest BCUT2D eigenvalue weighted by Crippen LogP contribution is -2.23. The molecule has 0 aliphatic carbocycles. The first-order chi connectivity index (χ1) is 13.2. The van der Waals surface area contributed by atoms with Gasteiger partial charge in [0.25, 0.3) is 0 Å². The summed E-state index contributed by atoms with van der Waals surface area (Å²) in [6.45, 7) is 1.79. The standard InChI is InChI=1S/C23H22N2O2/c1-2-21(26)24-19-15-9-10-16-20(19)25-23(27)22(17-11-5-3-6-12-17)18-13-7-4-8-14-18/h3-16,22H,2H2,1H3,(H,24,26)(H,25,27). The third kappa shape index (κ3) is 4.61. The molecule has 3 rings (SSSR count). The third-order valence-electron chi connectivity index (χ3n) is 4.31. The molecule has 0 aliphatic rings. The summed E-state index contributed by atoms with van der Waals surface area (Å²) < 4.78 is 0. The minimum atomic E-state index is -0.442. The molecule has 0 heterocycles. The van der Waals surface area contributed by atoms with E-state index in [1.54, 1.807) is 19.1 Å². The number of nitrogens with one attached hydrogen (secondary N) is 2. The minimum absolute atomic E-state index is 0.0978. The number of carbonyl (C=O) groups excluding carboxylic acids is 2. The van der Waals surface area contributed by atoms with Crippen molar-refractivity contribution >= 4 is 23.2 Å². The fourth-order valence-electron chi connectivity index (χ4n) is 2.93. The fourth-order valence-corrected chi connectivity index (χ4v) is 2.93. The smallest absolute Gasteiger partial charge is 0.236 e. The van der Waals surface area contributed by atoms with Crippen molar-refractivity contribution in [3.63, 3.8) is 0 Å². The molecule has 0 aliphatic heterocycles.